The number of amides is 1. The van der Waals surface area contributed by atoms with Crippen LogP contribution in [0.25, 0.3) is 0 Å². The number of piperidine rings is 1. The largest absolute Gasteiger partial charge is 0.375 e. The van der Waals surface area contributed by atoms with Gasteiger partial charge in [-0.2, -0.15) is 0 Å². The van der Waals surface area contributed by atoms with Crippen LogP contribution in [0.2, 0.25) is 0 Å². The maximum absolute atomic E-state index is 12.4. The van der Waals surface area contributed by atoms with Crippen molar-refractivity contribution in [2.75, 3.05) is 39.9 Å². The summed E-state index contributed by atoms with van der Waals surface area (Å²) in [4.78, 5) is 21.2. The summed E-state index contributed by atoms with van der Waals surface area (Å²) in [6.45, 7) is 4.72. The normalized spacial score (nSPS) is 25.4. The van der Waals surface area contributed by atoms with Gasteiger partial charge in [0, 0.05) is 63.6 Å². The van der Waals surface area contributed by atoms with Gasteiger partial charge in [0.1, 0.15) is 6.61 Å². The van der Waals surface area contributed by atoms with Crippen LogP contribution in [0, 0.1) is 5.92 Å². The molecule has 5 nitrogen and oxygen atoms in total. The molecule has 0 aliphatic carbocycles. The van der Waals surface area contributed by atoms with E-state index in [2.05, 4.69) is 46.3 Å². The van der Waals surface area contributed by atoms with Crippen LogP contribution in [0.5, 0.6) is 0 Å². The summed E-state index contributed by atoms with van der Waals surface area (Å²) < 4.78 is 5.07. The van der Waals surface area contributed by atoms with Crippen molar-refractivity contribution in [3.8, 4) is 0 Å². The number of carbonyl (C=O) groups is 1. The summed E-state index contributed by atoms with van der Waals surface area (Å²) >= 11 is 0. The Balaban J connectivity index is 1.58. The maximum Gasteiger partial charge on any atom is 0.248 e. The topological polar surface area (TPSA) is 45.7 Å². The molecule has 5 heteroatoms. The fourth-order valence-electron chi connectivity index (χ4n) is 4.84. The Labute approximate surface area is 161 Å². The molecule has 4 rings (SSSR count). The zero-order valence-electron chi connectivity index (χ0n) is 15.9. The summed E-state index contributed by atoms with van der Waals surface area (Å²) in [5, 5.41) is 0. The van der Waals surface area contributed by atoms with Gasteiger partial charge in [-0.05, 0) is 23.6 Å². The first-order chi connectivity index (χ1) is 13.2. The minimum atomic E-state index is 0.102. The Kier molecular flexibility index (Phi) is 5.23. The molecule has 142 valence electrons. The van der Waals surface area contributed by atoms with Crippen LogP contribution in [0.4, 0.5) is 0 Å². The van der Waals surface area contributed by atoms with Gasteiger partial charge in [-0.15, -0.1) is 0 Å². The summed E-state index contributed by atoms with van der Waals surface area (Å²) in [5.41, 5.74) is 2.77. The number of fused-ring (bicyclic) bond motifs is 1. The number of pyridine rings is 1. The van der Waals surface area contributed by atoms with Crippen LogP contribution < -0.4 is 0 Å². The van der Waals surface area contributed by atoms with E-state index in [1.807, 2.05) is 23.4 Å². The van der Waals surface area contributed by atoms with E-state index in [0.717, 1.165) is 39.1 Å². The van der Waals surface area contributed by atoms with E-state index < -0.39 is 0 Å². The van der Waals surface area contributed by atoms with Crippen molar-refractivity contribution < 1.29 is 9.53 Å². The number of benzene rings is 1. The van der Waals surface area contributed by atoms with Crippen molar-refractivity contribution in [2.45, 2.75) is 18.4 Å². The number of aromatic nitrogens is 1. The average molecular weight is 365 g/mol. The molecule has 0 spiro atoms. The molecule has 2 atom stereocenters. The molecule has 2 aliphatic rings. The maximum atomic E-state index is 12.4. The lowest BCUT2D eigenvalue weighted by molar-refractivity contribution is -0.137. The zero-order valence-corrected chi connectivity index (χ0v) is 15.9. The number of carbonyl (C=O) groups excluding carboxylic acids is 1. The molecule has 2 aliphatic heterocycles. The first-order valence-corrected chi connectivity index (χ1v) is 9.65. The highest BCUT2D eigenvalue weighted by molar-refractivity contribution is 5.77. The highest BCUT2D eigenvalue weighted by atomic mass is 16.5. The van der Waals surface area contributed by atoms with Crippen molar-refractivity contribution in [1.29, 1.82) is 0 Å². The Hall–Kier alpha value is -2.24. The van der Waals surface area contributed by atoms with E-state index in [0.29, 0.717) is 5.92 Å². The van der Waals surface area contributed by atoms with Crippen LogP contribution in [-0.4, -0.2) is 60.6 Å². The Bertz CT molecular complexity index is 768. The summed E-state index contributed by atoms with van der Waals surface area (Å²) in [5.74, 6) is 0.538. The van der Waals surface area contributed by atoms with E-state index >= 15 is 0 Å². The highest BCUT2D eigenvalue weighted by Gasteiger charge is 2.50. The SMILES string of the molecule is COCC(=O)N1CCC2(c3ccccc3)CN(Cc3cccnc3)CC2C1. The van der Waals surface area contributed by atoms with Crippen LogP contribution in [0.3, 0.4) is 0 Å². The number of hydrogen-bond donors (Lipinski definition) is 0. The molecule has 0 saturated carbocycles. The average Bonchev–Trinajstić information content (AvgIpc) is 3.08. The third-order valence-electron chi connectivity index (χ3n) is 6.13. The van der Waals surface area contributed by atoms with E-state index in [4.69, 9.17) is 4.74 Å². The van der Waals surface area contributed by atoms with Gasteiger partial charge in [-0.3, -0.25) is 14.7 Å². The molecular weight excluding hydrogens is 338 g/mol. The lowest BCUT2D eigenvalue weighted by atomic mass is 9.68. The Morgan fingerprint density at radius 3 is 2.81 bits per heavy atom. The van der Waals surface area contributed by atoms with Crippen LogP contribution in [-0.2, 0) is 21.5 Å². The molecule has 2 aromatic rings. The van der Waals surface area contributed by atoms with E-state index in [9.17, 15) is 4.79 Å². The number of methoxy groups -OCH3 is 1. The molecule has 2 saturated heterocycles. The second-order valence-corrected chi connectivity index (χ2v) is 7.77. The quantitative estimate of drug-likeness (QED) is 0.816. The smallest absolute Gasteiger partial charge is 0.248 e. The van der Waals surface area contributed by atoms with Crippen molar-refractivity contribution in [2.24, 2.45) is 5.92 Å². The molecule has 27 heavy (non-hydrogen) atoms. The van der Waals surface area contributed by atoms with E-state index in [-0.39, 0.29) is 17.9 Å². The van der Waals surface area contributed by atoms with Crippen molar-refractivity contribution in [3.05, 3.63) is 66.0 Å². The third-order valence-corrected chi connectivity index (χ3v) is 6.13. The van der Waals surface area contributed by atoms with Crippen molar-refractivity contribution in [1.82, 2.24) is 14.8 Å². The van der Waals surface area contributed by atoms with Gasteiger partial charge in [0.05, 0.1) is 0 Å². The van der Waals surface area contributed by atoms with Gasteiger partial charge in [0.25, 0.3) is 0 Å². The first-order valence-electron chi connectivity index (χ1n) is 9.65. The van der Waals surface area contributed by atoms with Crippen LogP contribution in [0.1, 0.15) is 17.5 Å². The molecule has 1 aromatic carbocycles. The summed E-state index contributed by atoms with van der Waals surface area (Å²) in [6.07, 6.45) is 4.77. The predicted octanol–water partition coefficient (Wildman–Crippen LogP) is 2.33. The first kappa shape index (κ1) is 18.1. The summed E-state index contributed by atoms with van der Waals surface area (Å²) in [7, 11) is 1.58. The lowest BCUT2D eigenvalue weighted by Crippen LogP contribution is -2.52. The molecule has 2 unspecified atom stereocenters. The predicted molar refractivity (Wildman–Crippen MR) is 104 cm³/mol. The number of likely N-dealkylation sites (tertiary alicyclic amines) is 2. The van der Waals surface area contributed by atoms with Gasteiger partial charge < -0.3 is 9.64 Å². The van der Waals surface area contributed by atoms with Gasteiger partial charge in [-0.25, -0.2) is 0 Å². The second-order valence-electron chi connectivity index (χ2n) is 7.77. The summed E-state index contributed by atoms with van der Waals surface area (Å²) in [6, 6.07) is 15.0. The van der Waals surface area contributed by atoms with Crippen LogP contribution in [0.15, 0.2) is 54.9 Å². The molecule has 0 bridgehead atoms. The van der Waals surface area contributed by atoms with Crippen molar-refractivity contribution >= 4 is 5.91 Å². The minimum Gasteiger partial charge on any atom is -0.375 e. The van der Waals surface area contributed by atoms with Gasteiger partial charge >= 0.3 is 0 Å². The molecular formula is C22H27N3O2. The fraction of sp³-hybridized carbons (Fsp3) is 0.455. The third kappa shape index (κ3) is 3.62. The second kappa shape index (κ2) is 7.79. The lowest BCUT2D eigenvalue weighted by Gasteiger charge is -2.44. The van der Waals surface area contributed by atoms with Gasteiger partial charge in [0.15, 0.2) is 0 Å². The number of hydrogen-bond acceptors (Lipinski definition) is 4. The van der Waals surface area contributed by atoms with E-state index in [1.165, 1.54) is 11.1 Å². The molecule has 3 heterocycles. The molecule has 0 radical (unpaired) electrons. The highest BCUT2D eigenvalue weighted by Crippen LogP contribution is 2.45. The minimum absolute atomic E-state index is 0.102. The molecule has 1 amide bonds. The van der Waals surface area contributed by atoms with Gasteiger partial charge in [0.2, 0.25) is 5.91 Å². The van der Waals surface area contributed by atoms with Crippen LogP contribution >= 0.6 is 0 Å². The molecule has 1 aromatic heterocycles. The zero-order chi connectivity index (χ0) is 18.7. The molecule has 2 fully saturated rings. The number of nitrogens with zero attached hydrogens (tertiary/aromatic N) is 3. The molecule has 0 N–H and O–H groups in total. The number of ether oxygens (including phenoxy) is 1. The van der Waals surface area contributed by atoms with Crippen molar-refractivity contribution in [3.63, 3.8) is 0 Å². The Morgan fingerprint density at radius 2 is 2.07 bits per heavy atom. The standard InChI is InChI=1S/C22H27N3O2/c1-27-16-21(26)25-11-9-22(19-7-3-2-4-8-19)17-24(14-20(22)15-25)13-18-6-5-10-23-12-18/h2-8,10,12,20H,9,11,13-17H2,1H3. The van der Waals surface area contributed by atoms with E-state index in [1.54, 1.807) is 7.11 Å². The fourth-order valence-corrected chi connectivity index (χ4v) is 4.84. The Morgan fingerprint density at radius 1 is 1.22 bits per heavy atom. The monoisotopic (exact) mass is 365 g/mol. The van der Waals surface area contributed by atoms with Gasteiger partial charge in [-0.1, -0.05) is 36.4 Å². The number of rotatable bonds is 5.